The Morgan fingerprint density at radius 1 is 1.73 bits per heavy atom. The molecule has 2 N–H and O–H groups in total. The fourth-order valence-electron chi connectivity index (χ4n) is 1.08. The highest BCUT2D eigenvalue weighted by Crippen LogP contribution is 2.08. The van der Waals surface area contributed by atoms with Crippen LogP contribution < -0.4 is 0 Å². The summed E-state index contributed by atoms with van der Waals surface area (Å²) in [5.74, 6) is -0.143. The van der Waals surface area contributed by atoms with Crippen LogP contribution in [0.15, 0.2) is 11.6 Å². The Bertz CT molecular complexity index is 198. The third kappa shape index (κ3) is 2.03. The van der Waals surface area contributed by atoms with Crippen LogP contribution in [0.4, 0.5) is 0 Å². The van der Waals surface area contributed by atoms with Gasteiger partial charge in [-0.25, -0.2) is 0 Å². The van der Waals surface area contributed by atoms with Crippen LogP contribution in [-0.2, 0) is 4.79 Å². The molecule has 0 aromatic rings. The molecule has 4 nitrogen and oxygen atoms in total. The molecule has 0 unspecified atom stereocenters. The van der Waals surface area contributed by atoms with Crippen LogP contribution in [0.2, 0.25) is 0 Å². The first-order valence-electron chi connectivity index (χ1n) is 3.42. The van der Waals surface area contributed by atoms with Crippen molar-refractivity contribution in [3.8, 4) is 0 Å². The lowest BCUT2D eigenvalue weighted by molar-refractivity contribution is -0.130. The van der Waals surface area contributed by atoms with Crippen molar-refractivity contribution in [1.29, 1.82) is 0 Å². The van der Waals surface area contributed by atoms with E-state index in [0.717, 1.165) is 5.57 Å². The molecule has 0 bridgehead atoms. The van der Waals surface area contributed by atoms with Crippen LogP contribution in [0.3, 0.4) is 0 Å². The number of carbonyl (C=O) groups excluding carboxylic acids is 1. The van der Waals surface area contributed by atoms with E-state index in [1.54, 1.807) is 0 Å². The second kappa shape index (κ2) is 3.02. The zero-order valence-electron chi connectivity index (χ0n) is 6.32. The van der Waals surface area contributed by atoms with E-state index in [9.17, 15) is 4.79 Å². The average molecular weight is 157 g/mol. The predicted molar refractivity (Wildman–Crippen MR) is 38.6 cm³/mol. The third-order valence-electron chi connectivity index (χ3n) is 1.51. The number of hydrogen-bond acceptors (Lipinski definition) is 3. The van der Waals surface area contributed by atoms with E-state index in [1.807, 2.05) is 6.92 Å². The van der Waals surface area contributed by atoms with Crippen LogP contribution in [0.1, 0.15) is 6.92 Å². The summed E-state index contributed by atoms with van der Waals surface area (Å²) in [4.78, 5) is 12.3. The minimum atomic E-state index is -1.43. The quantitative estimate of drug-likeness (QED) is 0.510. The minimum absolute atomic E-state index is 0.00727. The van der Waals surface area contributed by atoms with Gasteiger partial charge in [0.25, 0.3) is 0 Å². The molecule has 1 amide bonds. The van der Waals surface area contributed by atoms with Gasteiger partial charge in [-0.05, 0) is 12.5 Å². The van der Waals surface area contributed by atoms with E-state index < -0.39 is 6.29 Å². The Kier molecular flexibility index (Phi) is 2.26. The number of carbonyl (C=O) groups is 1. The molecule has 4 heteroatoms. The van der Waals surface area contributed by atoms with Gasteiger partial charge in [-0.2, -0.15) is 0 Å². The lowest BCUT2D eigenvalue weighted by Gasteiger charge is -2.16. The molecule has 0 spiro atoms. The fraction of sp³-hybridized carbons (Fsp3) is 0.571. The number of hydrogen-bond donors (Lipinski definition) is 2. The highest BCUT2D eigenvalue weighted by atomic mass is 16.5. The van der Waals surface area contributed by atoms with Crippen LogP contribution in [0.5, 0.6) is 0 Å². The summed E-state index contributed by atoms with van der Waals surface area (Å²) in [5, 5.41) is 17.1. The van der Waals surface area contributed by atoms with Crippen molar-refractivity contribution < 1.29 is 15.0 Å². The average Bonchev–Trinajstić information content (AvgIpc) is 2.09. The molecule has 1 rings (SSSR count). The highest BCUT2D eigenvalue weighted by Gasteiger charge is 2.19. The molecule has 1 heterocycles. The zero-order valence-corrected chi connectivity index (χ0v) is 6.32. The van der Waals surface area contributed by atoms with Gasteiger partial charge in [0.15, 0.2) is 6.29 Å². The van der Waals surface area contributed by atoms with Crippen LogP contribution in [0.25, 0.3) is 0 Å². The molecular formula is C7H11NO3. The van der Waals surface area contributed by atoms with Gasteiger partial charge in [0.2, 0.25) is 5.91 Å². The Balaban J connectivity index is 2.47. The smallest absolute Gasteiger partial charge is 0.247 e. The highest BCUT2D eigenvalue weighted by molar-refractivity contribution is 5.91. The standard InChI is InChI=1S/C7H11NO3/c1-5-2-6(9)8(3-5)4-7(10)11/h2,7,10-11H,3-4H2,1H3. The lowest BCUT2D eigenvalue weighted by atomic mass is 10.3. The first kappa shape index (κ1) is 8.23. The molecule has 0 radical (unpaired) electrons. The largest absolute Gasteiger partial charge is 0.367 e. The number of aliphatic hydroxyl groups is 2. The summed E-state index contributed by atoms with van der Waals surface area (Å²) >= 11 is 0. The SMILES string of the molecule is CC1=CC(=O)N(CC(O)O)C1. The van der Waals surface area contributed by atoms with Crippen molar-refractivity contribution in [1.82, 2.24) is 4.90 Å². The van der Waals surface area contributed by atoms with Gasteiger partial charge >= 0.3 is 0 Å². The predicted octanol–water partition coefficient (Wildman–Crippen LogP) is -0.914. The zero-order chi connectivity index (χ0) is 8.43. The molecule has 1 aliphatic rings. The van der Waals surface area contributed by atoms with E-state index in [-0.39, 0.29) is 12.5 Å². The summed E-state index contributed by atoms with van der Waals surface area (Å²) in [5.41, 5.74) is 0.954. The van der Waals surface area contributed by atoms with E-state index in [0.29, 0.717) is 6.54 Å². The molecule has 0 saturated heterocycles. The Morgan fingerprint density at radius 3 is 2.73 bits per heavy atom. The van der Waals surface area contributed by atoms with Gasteiger partial charge in [0.05, 0.1) is 6.54 Å². The molecule has 0 aromatic heterocycles. The number of nitrogens with zero attached hydrogens (tertiary/aromatic N) is 1. The maximum Gasteiger partial charge on any atom is 0.247 e. The topological polar surface area (TPSA) is 60.8 Å². The Labute approximate surface area is 64.7 Å². The molecule has 0 saturated carbocycles. The maximum atomic E-state index is 10.9. The van der Waals surface area contributed by atoms with Gasteiger partial charge in [-0.1, -0.05) is 0 Å². The first-order chi connectivity index (χ1) is 5.09. The Morgan fingerprint density at radius 2 is 2.36 bits per heavy atom. The van der Waals surface area contributed by atoms with Crippen molar-refractivity contribution in [3.05, 3.63) is 11.6 Å². The number of rotatable bonds is 2. The van der Waals surface area contributed by atoms with Crippen LogP contribution in [0, 0.1) is 0 Å². The summed E-state index contributed by atoms with van der Waals surface area (Å²) in [6.07, 6.45) is 0.0702. The van der Waals surface area contributed by atoms with Crippen LogP contribution >= 0.6 is 0 Å². The second-order valence-electron chi connectivity index (χ2n) is 2.69. The van der Waals surface area contributed by atoms with Gasteiger partial charge in [-0.15, -0.1) is 0 Å². The van der Waals surface area contributed by atoms with Gasteiger partial charge in [-0.3, -0.25) is 4.79 Å². The second-order valence-corrected chi connectivity index (χ2v) is 2.69. The summed E-state index contributed by atoms with van der Waals surface area (Å²) < 4.78 is 0. The van der Waals surface area contributed by atoms with Gasteiger partial charge in [0.1, 0.15) is 0 Å². The molecule has 1 aliphatic heterocycles. The lowest BCUT2D eigenvalue weighted by Crippen LogP contribution is -2.33. The molecule has 0 atom stereocenters. The fourth-order valence-corrected chi connectivity index (χ4v) is 1.08. The van der Waals surface area contributed by atoms with Crippen LogP contribution in [-0.4, -0.2) is 40.4 Å². The first-order valence-corrected chi connectivity index (χ1v) is 3.42. The Hall–Kier alpha value is -0.870. The van der Waals surface area contributed by atoms with Crippen molar-refractivity contribution >= 4 is 5.91 Å². The molecule has 11 heavy (non-hydrogen) atoms. The van der Waals surface area contributed by atoms with Crippen molar-refractivity contribution in [3.63, 3.8) is 0 Å². The molecular weight excluding hydrogens is 146 g/mol. The maximum absolute atomic E-state index is 10.9. The molecule has 0 aliphatic carbocycles. The number of aliphatic hydroxyl groups excluding tert-OH is 1. The van der Waals surface area contributed by atoms with E-state index in [4.69, 9.17) is 10.2 Å². The van der Waals surface area contributed by atoms with E-state index in [1.165, 1.54) is 11.0 Å². The monoisotopic (exact) mass is 157 g/mol. The number of β-amino-alcohol motifs (C(OH)–C–C–N with tert-alkyl or cyclic N) is 2. The van der Waals surface area contributed by atoms with E-state index in [2.05, 4.69) is 0 Å². The minimum Gasteiger partial charge on any atom is -0.367 e. The normalized spacial score (nSPS) is 18.0. The number of amides is 1. The van der Waals surface area contributed by atoms with Crippen molar-refractivity contribution in [2.24, 2.45) is 0 Å². The van der Waals surface area contributed by atoms with Gasteiger partial charge < -0.3 is 15.1 Å². The van der Waals surface area contributed by atoms with Crippen molar-refractivity contribution in [2.75, 3.05) is 13.1 Å². The summed E-state index contributed by atoms with van der Waals surface area (Å²) in [7, 11) is 0. The summed E-state index contributed by atoms with van der Waals surface area (Å²) in [6.45, 7) is 2.34. The molecule has 62 valence electrons. The molecule has 0 aromatic carbocycles. The summed E-state index contributed by atoms with van der Waals surface area (Å²) in [6, 6.07) is 0. The van der Waals surface area contributed by atoms with E-state index >= 15 is 0 Å². The van der Waals surface area contributed by atoms with Gasteiger partial charge in [0, 0.05) is 12.6 Å². The molecule has 0 fully saturated rings. The van der Waals surface area contributed by atoms with Crippen molar-refractivity contribution in [2.45, 2.75) is 13.2 Å². The third-order valence-corrected chi connectivity index (χ3v) is 1.51.